The molecule has 0 aromatic heterocycles. The maximum absolute atomic E-state index is 12.9. The number of rotatable bonds is 8. The van der Waals surface area contributed by atoms with Crippen molar-refractivity contribution in [2.75, 3.05) is 27.8 Å². The zero-order chi connectivity index (χ0) is 25.4. The third kappa shape index (κ3) is 7.60. The van der Waals surface area contributed by atoms with Gasteiger partial charge in [0.25, 0.3) is 5.91 Å². The van der Waals surface area contributed by atoms with Crippen LogP contribution in [0.1, 0.15) is 29.3 Å². The molecule has 0 radical (unpaired) electrons. The summed E-state index contributed by atoms with van der Waals surface area (Å²) in [5.41, 5.74) is 0.880. The van der Waals surface area contributed by atoms with Crippen molar-refractivity contribution < 1.29 is 27.6 Å². The van der Waals surface area contributed by atoms with Gasteiger partial charge in [0.2, 0.25) is 11.8 Å². The smallest absolute Gasteiger partial charge is 0.376 e. The van der Waals surface area contributed by atoms with E-state index in [0.717, 1.165) is 12.1 Å². The SMILES string of the molecule is CCC(=O)Nc1cccc(NC(=O)CNc2cccc(C(=O)Nc3cccc(C(F)(F)F)c3)c2)c1. The fourth-order valence-corrected chi connectivity index (χ4v) is 3.06. The van der Waals surface area contributed by atoms with Crippen LogP contribution in [0.15, 0.2) is 72.8 Å². The first kappa shape index (κ1) is 25.3. The highest BCUT2D eigenvalue weighted by molar-refractivity contribution is 6.05. The maximum atomic E-state index is 12.9. The van der Waals surface area contributed by atoms with E-state index < -0.39 is 17.6 Å². The Kier molecular flexibility index (Phi) is 8.08. The summed E-state index contributed by atoms with van der Waals surface area (Å²) >= 11 is 0. The van der Waals surface area contributed by atoms with Gasteiger partial charge < -0.3 is 21.3 Å². The zero-order valence-corrected chi connectivity index (χ0v) is 18.7. The molecule has 0 aliphatic rings. The van der Waals surface area contributed by atoms with Gasteiger partial charge in [-0.15, -0.1) is 0 Å². The summed E-state index contributed by atoms with van der Waals surface area (Å²) in [6.45, 7) is 1.63. The van der Waals surface area contributed by atoms with Crippen LogP contribution in [-0.4, -0.2) is 24.3 Å². The van der Waals surface area contributed by atoms with Gasteiger partial charge in [-0.25, -0.2) is 0 Å². The van der Waals surface area contributed by atoms with E-state index in [0.29, 0.717) is 23.5 Å². The summed E-state index contributed by atoms with van der Waals surface area (Å²) in [4.78, 5) is 36.3. The Labute approximate surface area is 199 Å². The molecule has 3 aromatic rings. The molecule has 0 aliphatic carbocycles. The molecule has 0 aliphatic heterocycles. The van der Waals surface area contributed by atoms with Gasteiger partial charge in [-0.3, -0.25) is 14.4 Å². The highest BCUT2D eigenvalue weighted by Crippen LogP contribution is 2.30. The van der Waals surface area contributed by atoms with Crippen molar-refractivity contribution >= 4 is 40.5 Å². The van der Waals surface area contributed by atoms with E-state index in [9.17, 15) is 27.6 Å². The van der Waals surface area contributed by atoms with Gasteiger partial charge in [-0.05, 0) is 54.6 Å². The molecule has 7 nitrogen and oxygen atoms in total. The molecule has 3 aromatic carbocycles. The van der Waals surface area contributed by atoms with Crippen LogP contribution in [0.4, 0.5) is 35.9 Å². The lowest BCUT2D eigenvalue weighted by atomic mass is 10.1. The van der Waals surface area contributed by atoms with E-state index in [4.69, 9.17) is 0 Å². The van der Waals surface area contributed by atoms with Gasteiger partial charge >= 0.3 is 6.18 Å². The van der Waals surface area contributed by atoms with Crippen LogP contribution in [0.3, 0.4) is 0 Å². The predicted octanol–water partition coefficient (Wildman–Crippen LogP) is 5.36. The van der Waals surface area contributed by atoms with Crippen molar-refractivity contribution in [3.8, 4) is 0 Å². The molecule has 0 unspecified atom stereocenters. The number of hydrogen-bond acceptors (Lipinski definition) is 4. The number of halogens is 3. The Morgan fingerprint density at radius 1 is 0.714 bits per heavy atom. The van der Waals surface area contributed by atoms with E-state index in [-0.39, 0.29) is 29.6 Å². The van der Waals surface area contributed by atoms with Crippen molar-refractivity contribution in [2.24, 2.45) is 0 Å². The zero-order valence-electron chi connectivity index (χ0n) is 18.7. The van der Waals surface area contributed by atoms with Crippen molar-refractivity contribution in [2.45, 2.75) is 19.5 Å². The van der Waals surface area contributed by atoms with Crippen molar-refractivity contribution in [1.82, 2.24) is 0 Å². The Bertz CT molecular complexity index is 1230. The molecule has 0 fully saturated rings. The third-order valence-corrected chi connectivity index (χ3v) is 4.78. The number of carbonyl (C=O) groups excluding carboxylic acids is 3. The van der Waals surface area contributed by atoms with Crippen LogP contribution in [0.2, 0.25) is 0 Å². The molecule has 35 heavy (non-hydrogen) atoms. The largest absolute Gasteiger partial charge is 0.416 e. The fourth-order valence-electron chi connectivity index (χ4n) is 3.06. The highest BCUT2D eigenvalue weighted by atomic mass is 19.4. The maximum Gasteiger partial charge on any atom is 0.416 e. The van der Waals surface area contributed by atoms with E-state index >= 15 is 0 Å². The summed E-state index contributed by atoms with van der Waals surface area (Å²) in [5, 5.41) is 10.8. The lowest BCUT2D eigenvalue weighted by Gasteiger charge is -2.12. The van der Waals surface area contributed by atoms with Gasteiger partial charge in [0.05, 0.1) is 12.1 Å². The van der Waals surface area contributed by atoms with Crippen LogP contribution in [0.25, 0.3) is 0 Å². The number of alkyl halides is 3. The number of anilines is 4. The molecule has 0 heterocycles. The van der Waals surface area contributed by atoms with Crippen LogP contribution < -0.4 is 21.3 Å². The van der Waals surface area contributed by atoms with Crippen LogP contribution in [-0.2, 0) is 15.8 Å². The molecule has 0 bridgehead atoms. The van der Waals surface area contributed by atoms with Crippen molar-refractivity contribution in [1.29, 1.82) is 0 Å². The lowest BCUT2D eigenvalue weighted by Crippen LogP contribution is -2.22. The fraction of sp³-hybridized carbons (Fsp3) is 0.160. The summed E-state index contributed by atoms with van der Waals surface area (Å²) in [5.74, 6) is -1.10. The van der Waals surface area contributed by atoms with E-state index in [1.807, 2.05) is 0 Å². The first-order valence-electron chi connectivity index (χ1n) is 10.7. The lowest BCUT2D eigenvalue weighted by molar-refractivity contribution is -0.137. The van der Waals surface area contributed by atoms with Gasteiger partial charge in [-0.2, -0.15) is 13.2 Å². The molecule has 0 saturated carbocycles. The minimum Gasteiger partial charge on any atom is -0.376 e. The number of carbonyl (C=O) groups is 3. The minimum absolute atomic E-state index is 0.0138. The van der Waals surface area contributed by atoms with Crippen molar-refractivity contribution in [3.63, 3.8) is 0 Å². The van der Waals surface area contributed by atoms with E-state index in [2.05, 4.69) is 21.3 Å². The van der Waals surface area contributed by atoms with Crippen LogP contribution in [0, 0.1) is 0 Å². The molecule has 10 heteroatoms. The average molecular weight is 484 g/mol. The molecule has 0 saturated heterocycles. The number of nitrogens with one attached hydrogen (secondary N) is 4. The summed E-state index contributed by atoms with van der Waals surface area (Å²) in [6, 6.07) is 17.3. The second kappa shape index (κ2) is 11.2. The van der Waals surface area contributed by atoms with Crippen LogP contribution in [0.5, 0.6) is 0 Å². The predicted molar refractivity (Wildman–Crippen MR) is 128 cm³/mol. The summed E-state index contributed by atoms with van der Waals surface area (Å²) < 4.78 is 38.6. The first-order chi connectivity index (χ1) is 16.6. The molecule has 182 valence electrons. The molecule has 3 amide bonds. The Morgan fingerprint density at radius 3 is 1.94 bits per heavy atom. The second-order valence-electron chi connectivity index (χ2n) is 7.50. The summed E-state index contributed by atoms with van der Waals surface area (Å²) in [6.07, 6.45) is -4.19. The molecular weight excluding hydrogens is 461 g/mol. The van der Waals surface area contributed by atoms with E-state index in [1.54, 1.807) is 43.3 Å². The van der Waals surface area contributed by atoms with Gasteiger partial charge in [0.15, 0.2) is 0 Å². The molecule has 4 N–H and O–H groups in total. The quantitative estimate of drug-likeness (QED) is 0.346. The number of hydrogen-bond donors (Lipinski definition) is 4. The number of benzene rings is 3. The normalized spacial score (nSPS) is 10.9. The topological polar surface area (TPSA) is 99.3 Å². The average Bonchev–Trinajstić information content (AvgIpc) is 2.82. The summed E-state index contributed by atoms with van der Waals surface area (Å²) in [7, 11) is 0. The molecule has 3 rings (SSSR count). The van der Waals surface area contributed by atoms with Gasteiger partial charge in [0, 0.05) is 34.7 Å². The highest BCUT2D eigenvalue weighted by Gasteiger charge is 2.30. The van der Waals surface area contributed by atoms with Crippen LogP contribution >= 0.6 is 0 Å². The van der Waals surface area contributed by atoms with Crippen molar-refractivity contribution in [3.05, 3.63) is 83.9 Å². The molecule has 0 spiro atoms. The Balaban J connectivity index is 1.58. The Hall–Kier alpha value is -4.34. The third-order valence-electron chi connectivity index (χ3n) is 4.78. The van der Waals surface area contributed by atoms with Gasteiger partial charge in [-0.1, -0.05) is 25.1 Å². The molecule has 0 atom stereocenters. The second-order valence-corrected chi connectivity index (χ2v) is 7.50. The van der Waals surface area contributed by atoms with E-state index in [1.165, 1.54) is 24.3 Å². The van der Waals surface area contributed by atoms with Gasteiger partial charge in [0.1, 0.15) is 0 Å². The minimum atomic E-state index is -4.52. The molecular formula is C25H23F3N4O3. The Morgan fingerprint density at radius 2 is 1.29 bits per heavy atom. The number of amides is 3. The monoisotopic (exact) mass is 484 g/mol. The first-order valence-corrected chi connectivity index (χ1v) is 10.7. The standard InChI is InChI=1S/C25H23F3N4O3/c1-2-22(33)30-20-10-5-11-21(14-20)31-23(34)15-29-18-8-3-6-16(12-18)24(35)32-19-9-4-7-17(13-19)25(26,27)28/h3-14,29H,2,15H2,1H3,(H,30,33)(H,31,34)(H,32,35).